The van der Waals surface area contributed by atoms with Crippen molar-refractivity contribution in [2.75, 3.05) is 13.7 Å². The zero-order valence-electron chi connectivity index (χ0n) is 12.6. The predicted octanol–water partition coefficient (Wildman–Crippen LogP) is 2.53. The van der Waals surface area contributed by atoms with Gasteiger partial charge in [-0.2, -0.15) is 0 Å². The lowest BCUT2D eigenvalue weighted by atomic mass is 10.2. The molecule has 0 saturated heterocycles. The van der Waals surface area contributed by atoms with Crippen LogP contribution in [0.4, 0.5) is 0 Å². The molecule has 1 heterocycles. The number of hydrogen-bond acceptors (Lipinski definition) is 5. The maximum Gasteiger partial charge on any atom is 0.258 e. The van der Waals surface area contributed by atoms with Crippen molar-refractivity contribution in [1.29, 1.82) is 0 Å². The highest BCUT2D eigenvalue weighted by atomic mass is 16.5. The molecule has 2 aromatic carbocycles. The summed E-state index contributed by atoms with van der Waals surface area (Å²) in [6, 6.07) is 12.8. The molecule has 23 heavy (non-hydrogen) atoms. The molecule has 0 aliphatic heterocycles. The van der Waals surface area contributed by atoms with Crippen LogP contribution >= 0.6 is 0 Å². The molecule has 3 aromatic rings. The fourth-order valence-electron chi connectivity index (χ4n) is 2.14. The molecule has 0 radical (unpaired) electrons. The molecule has 118 valence electrons. The van der Waals surface area contributed by atoms with E-state index in [-0.39, 0.29) is 12.5 Å². The number of amides is 1. The Bertz CT molecular complexity index is 813. The summed E-state index contributed by atoms with van der Waals surface area (Å²) in [5.41, 5.74) is 2.42. The second-order valence-electron chi connectivity index (χ2n) is 4.87. The van der Waals surface area contributed by atoms with E-state index in [4.69, 9.17) is 13.9 Å². The number of benzene rings is 2. The smallest absolute Gasteiger partial charge is 0.258 e. The standard InChI is InChI=1S/C17H16N2O4/c1-21-14-4-2-3-5-15(14)22-10-17(20)18-9-12-6-7-13-16(8-12)23-11-19-13/h2-8,11H,9-10H2,1H3,(H,18,20). The zero-order valence-corrected chi connectivity index (χ0v) is 12.6. The minimum atomic E-state index is -0.214. The Labute approximate surface area is 133 Å². The van der Waals surface area contributed by atoms with Crippen LogP contribution in [-0.4, -0.2) is 24.6 Å². The van der Waals surface area contributed by atoms with Crippen LogP contribution in [0.1, 0.15) is 5.56 Å². The number of ether oxygens (including phenoxy) is 2. The molecular weight excluding hydrogens is 296 g/mol. The Balaban J connectivity index is 1.53. The van der Waals surface area contributed by atoms with Gasteiger partial charge in [-0.1, -0.05) is 18.2 Å². The van der Waals surface area contributed by atoms with E-state index in [9.17, 15) is 4.79 Å². The van der Waals surface area contributed by atoms with Crippen LogP contribution in [0.2, 0.25) is 0 Å². The fourth-order valence-corrected chi connectivity index (χ4v) is 2.14. The van der Waals surface area contributed by atoms with E-state index in [1.165, 1.54) is 6.39 Å². The topological polar surface area (TPSA) is 73.6 Å². The number of carbonyl (C=O) groups excluding carboxylic acids is 1. The number of methoxy groups -OCH3 is 1. The van der Waals surface area contributed by atoms with Crippen LogP contribution in [0.15, 0.2) is 53.3 Å². The zero-order chi connectivity index (χ0) is 16.1. The molecule has 1 aromatic heterocycles. The van der Waals surface area contributed by atoms with Gasteiger partial charge in [0, 0.05) is 6.54 Å². The number of hydrogen-bond donors (Lipinski definition) is 1. The summed E-state index contributed by atoms with van der Waals surface area (Å²) in [7, 11) is 1.56. The molecule has 3 rings (SSSR count). The van der Waals surface area contributed by atoms with Gasteiger partial charge < -0.3 is 19.2 Å². The van der Waals surface area contributed by atoms with Crippen molar-refractivity contribution in [3.8, 4) is 11.5 Å². The summed E-state index contributed by atoms with van der Waals surface area (Å²) in [5.74, 6) is 0.915. The van der Waals surface area contributed by atoms with Crippen LogP contribution in [0.25, 0.3) is 11.1 Å². The Kier molecular flexibility index (Phi) is 4.42. The van der Waals surface area contributed by atoms with Crippen molar-refractivity contribution in [1.82, 2.24) is 10.3 Å². The summed E-state index contributed by atoms with van der Waals surface area (Å²) in [4.78, 5) is 15.9. The van der Waals surface area contributed by atoms with Crippen molar-refractivity contribution in [3.05, 3.63) is 54.4 Å². The second-order valence-corrected chi connectivity index (χ2v) is 4.87. The van der Waals surface area contributed by atoms with Gasteiger partial charge in [-0.15, -0.1) is 0 Å². The Hall–Kier alpha value is -3.02. The van der Waals surface area contributed by atoms with Crippen LogP contribution in [0.3, 0.4) is 0 Å². The van der Waals surface area contributed by atoms with E-state index in [2.05, 4.69) is 10.3 Å². The van der Waals surface area contributed by atoms with E-state index in [1.807, 2.05) is 30.3 Å². The third-order valence-corrected chi connectivity index (χ3v) is 3.31. The molecule has 0 bridgehead atoms. The Morgan fingerprint density at radius 1 is 1.22 bits per heavy atom. The molecule has 0 aliphatic rings. The number of nitrogens with one attached hydrogen (secondary N) is 1. The van der Waals surface area contributed by atoms with Crippen molar-refractivity contribution < 1.29 is 18.7 Å². The van der Waals surface area contributed by atoms with E-state index < -0.39 is 0 Å². The molecule has 0 unspecified atom stereocenters. The number of aromatic nitrogens is 1. The normalized spacial score (nSPS) is 10.5. The average molecular weight is 312 g/mol. The number of nitrogens with zero attached hydrogens (tertiary/aromatic N) is 1. The van der Waals surface area contributed by atoms with Gasteiger partial charge in [-0.25, -0.2) is 4.98 Å². The number of carbonyl (C=O) groups is 1. The maximum atomic E-state index is 11.9. The van der Waals surface area contributed by atoms with Crippen molar-refractivity contribution in [2.24, 2.45) is 0 Å². The predicted molar refractivity (Wildman–Crippen MR) is 84.3 cm³/mol. The van der Waals surface area contributed by atoms with Crippen LogP contribution < -0.4 is 14.8 Å². The molecule has 0 aliphatic carbocycles. The highest BCUT2D eigenvalue weighted by molar-refractivity contribution is 5.78. The monoisotopic (exact) mass is 312 g/mol. The first kappa shape index (κ1) is 14.9. The lowest BCUT2D eigenvalue weighted by Gasteiger charge is -2.10. The SMILES string of the molecule is COc1ccccc1OCC(=O)NCc1ccc2ncoc2c1. The summed E-state index contributed by atoms with van der Waals surface area (Å²) in [5, 5.41) is 2.80. The Morgan fingerprint density at radius 2 is 2.04 bits per heavy atom. The van der Waals surface area contributed by atoms with Crippen molar-refractivity contribution in [2.45, 2.75) is 6.54 Å². The molecule has 0 saturated carbocycles. The first-order valence-corrected chi connectivity index (χ1v) is 7.11. The molecule has 1 amide bonds. The lowest BCUT2D eigenvalue weighted by Crippen LogP contribution is -2.28. The van der Waals surface area contributed by atoms with Crippen LogP contribution in [0.5, 0.6) is 11.5 Å². The van der Waals surface area contributed by atoms with Gasteiger partial charge in [-0.3, -0.25) is 4.79 Å². The molecule has 6 nitrogen and oxygen atoms in total. The van der Waals surface area contributed by atoms with Gasteiger partial charge in [0.1, 0.15) is 5.52 Å². The van der Waals surface area contributed by atoms with Gasteiger partial charge >= 0.3 is 0 Å². The number of rotatable bonds is 6. The number of fused-ring (bicyclic) bond motifs is 1. The van der Waals surface area contributed by atoms with Crippen LogP contribution in [-0.2, 0) is 11.3 Å². The van der Waals surface area contributed by atoms with Gasteiger partial charge in [0.25, 0.3) is 5.91 Å². The van der Waals surface area contributed by atoms with Gasteiger partial charge in [0.15, 0.2) is 30.1 Å². The summed E-state index contributed by atoms with van der Waals surface area (Å²) in [6.07, 6.45) is 1.40. The highest BCUT2D eigenvalue weighted by Gasteiger charge is 2.07. The van der Waals surface area contributed by atoms with Crippen molar-refractivity contribution in [3.63, 3.8) is 0 Å². The third-order valence-electron chi connectivity index (χ3n) is 3.31. The molecule has 0 fully saturated rings. The van der Waals surface area contributed by atoms with Gasteiger partial charge in [0.05, 0.1) is 7.11 Å². The number of oxazole rings is 1. The number of para-hydroxylation sites is 2. The lowest BCUT2D eigenvalue weighted by molar-refractivity contribution is -0.123. The average Bonchev–Trinajstić information content (AvgIpc) is 3.06. The molecule has 1 N–H and O–H groups in total. The fraction of sp³-hybridized carbons (Fsp3) is 0.176. The van der Waals surface area contributed by atoms with E-state index >= 15 is 0 Å². The highest BCUT2D eigenvalue weighted by Crippen LogP contribution is 2.25. The minimum absolute atomic E-state index is 0.0784. The van der Waals surface area contributed by atoms with E-state index in [0.29, 0.717) is 23.6 Å². The Morgan fingerprint density at radius 3 is 2.87 bits per heavy atom. The molecule has 0 atom stereocenters. The van der Waals surface area contributed by atoms with Gasteiger partial charge in [0.2, 0.25) is 0 Å². The summed E-state index contributed by atoms with van der Waals surface area (Å²) < 4.78 is 15.9. The first-order chi connectivity index (χ1) is 11.3. The largest absolute Gasteiger partial charge is 0.493 e. The van der Waals surface area contributed by atoms with E-state index in [0.717, 1.165) is 11.1 Å². The summed E-state index contributed by atoms with van der Waals surface area (Å²) in [6.45, 7) is 0.315. The quantitative estimate of drug-likeness (QED) is 0.757. The van der Waals surface area contributed by atoms with Gasteiger partial charge in [-0.05, 0) is 29.8 Å². The minimum Gasteiger partial charge on any atom is -0.493 e. The summed E-state index contributed by atoms with van der Waals surface area (Å²) >= 11 is 0. The molecule has 0 spiro atoms. The molecule has 6 heteroatoms. The first-order valence-electron chi connectivity index (χ1n) is 7.11. The molecular formula is C17H16N2O4. The van der Waals surface area contributed by atoms with E-state index in [1.54, 1.807) is 19.2 Å². The second kappa shape index (κ2) is 6.83. The van der Waals surface area contributed by atoms with Crippen LogP contribution in [0, 0.1) is 0 Å². The van der Waals surface area contributed by atoms with Crippen molar-refractivity contribution >= 4 is 17.0 Å². The third kappa shape index (κ3) is 3.60. The maximum absolute atomic E-state index is 11.9.